The minimum absolute atomic E-state index is 0.0378. The molecule has 5 heteroatoms. The molecule has 0 saturated carbocycles. The van der Waals surface area contributed by atoms with E-state index in [1.807, 2.05) is 44.2 Å². The Morgan fingerprint density at radius 2 is 1.96 bits per heavy atom. The number of nitrogens with zero attached hydrogens (tertiary/aromatic N) is 1. The average molecular weight is 342 g/mol. The fourth-order valence-corrected chi connectivity index (χ4v) is 2.60. The van der Waals surface area contributed by atoms with E-state index in [2.05, 4.69) is 5.32 Å². The monoisotopic (exact) mass is 342 g/mol. The van der Waals surface area contributed by atoms with E-state index >= 15 is 0 Å². The van der Waals surface area contributed by atoms with Gasteiger partial charge in [-0.1, -0.05) is 37.3 Å². The third-order valence-corrected chi connectivity index (χ3v) is 4.31. The molecular formula is C20H26N2O3. The number of carbonyl (C=O) groups is 2. The molecule has 134 valence electrons. The Bertz CT molecular complexity index is 653. The number of furan rings is 1. The Morgan fingerprint density at radius 1 is 1.20 bits per heavy atom. The van der Waals surface area contributed by atoms with Crippen molar-refractivity contribution in [3.8, 4) is 0 Å². The number of benzene rings is 1. The summed E-state index contributed by atoms with van der Waals surface area (Å²) in [7, 11) is 0. The van der Waals surface area contributed by atoms with Crippen LogP contribution in [-0.4, -0.2) is 35.8 Å². The second kappa shape index (κ2) is 9.67. The van der Waals surface area contributed by atoms with Crippen LogP contribution in [-0.2, 0) is 11.2 Å². The number of nitrogens with one attached hydrogen (secondary N) is 1. The SMILES string of the molecule is CCC(C)N(CCC(=O)NCCc1ccccc1)C(=O)c1ccoc1. The molecular weight excluding hydrogens is 316 g/mol. The van der Waals surface area contributed by atoms with Crippen molar-refractivity contribution < 1.29 is 14.0 Å². The molecule has 0 aliphatic rings. The van der Waals surface area contributed by atoms with Gasteiger partial charge in [0.05, 0.1) is 11.8 Å². The van der Waals surface area contributed by atoms with Crippen LogP contribution in [0.2, 0.25) is 0 Å². The van der Waals surface area contributed by atoms with Gasteiger partial charge in [0.2, 0.25) is 5.91 Å². The lowest BCUT2D eigenvalue weighted by atomic mass is 10.1. The Morgan fingerprint density at radius 3 is 2.60 bits per heavy atom. The molecule has 5 nitrogen and oxygen atoms in total. The van der Waals surface area contributed by atoms with Gasteiger partial charge in [0.1, 0.15) is 6.26 Å². The summed E-state index contributed by atoms with van der Waals surface area (Å²) in [5, 5.41) is 2.92. The quantitative estimate of drug-likeness (QED) is 0.761. The minimum Gasteiger partial charge on any atom is -0.472 e. The van der Waals surface area contributed by atoms with Gasteiger partial charge in [0.15, 0.2) is 0 Å². The summed E-state index contributed by atoms with van der Waals surface area (Å²) in [6.07, 6.45) is 4.85. The smallest absolute Gasteiger partial charge is 0.257 e. The van der Waals surface area contributed by atoms with Crippen LogP contribution in [0, 0.1) is 0 Å². The lowest BCUT2D eigenvalue weighted by Crippen LogP contribution is -2.41. The van der Waals surface area contributed by atoms with Crippen LogP contribution in [0.5, 0.6) is 0 Å². The van der Waals surface area contributed by atoms with Gasteiger partial charge in [-0.15, -0.1) is 0 Å². The zero-order chi connectivity index (χ0) is 18.1. The van der Waals surface area contributed by atoms with Gasteiger partial charge in [-0.3, -0.25) is 9.59 Å². The summed E-state index contributed by atoms with van der Waals surface area (Å²) in [6, 6.07) is 11.8. The number of rotatable bonds is 9. The molecule has 25 heavy (non-hydrogen) atoms. The average Bonchev–Trinajstić information content (AvgIpc) is 3.17. The normalized spacial score (nSPS) is 11.8. The summed E-state index contributed by atoms with van der Waals surface area (Å²) in [5.41, 5.74) is 1.71. The van der Waals surface area contributed by atoms with Crippen molar-refractivity contribution >= 4 is 11.8 Å². The number of hydrogen-bond acceptors (Lipinski definition) is 3. The van der Waals surface area contributed by atoms with Gasteiger partial charge < -0.3 is 14.6 Å². The summed E-state index contributed by atoms with van der Waals surface area (Å²) in [6.45, 7) is 5.02. The van der Waals surface area contributed by atoms with Crippen LogP contribution in [0.3, 0.4) is 0 Å². The van der Waals surface area contributed by atoms with E-state index in [4.69, 9.17) is 4.42 Å². The van der Waals surface area contributed by atoms with E-state index in [0.29, 0.717) is 25.1 Å². The van der Waals surface area contributed by atoms with Gasteiger partial charge in [-0.25, -0.2) is 0 Å². The molecule has 0 radical (unpaired) electrons. The maximum atomic E-state index is 12.6. The third kappa shape index (κ3) is 5.78. The predicted octanol–water partition coefficient (Wildman–Crippen LogP) is 3.27. The van der Waals surface area contributed by atoms with E-state index < -0.39 is 0 Å². The minimum atomic E-state index is -0.0971. The topological polar surface area (TPSA) is 62.6 Å². The molecule has 0 spiro atoms. The molecule has 2 rings (SSSR count). The van der Waals surface area contributed by atoms with E-state index in [1.165, 1.54) is 18.1 Å². The molecule has 1 unspecified atom stereocenters. The summed E-state index contributed by atoms with van der Waals surface area (Å²) in [4.78, 5) is 26.4. The molecule has 2 aromatic rings. The van der Waals surface area contributed by atoms with E-state index in [0.717, 1.165) is 12.8 Å². The van der Waals surface area contributed by atoms with Crippen LogP contribution < -0.4 is 5.32 Å². The molecule has 1 atom stereocenters. The summed E-state index contributed by atoms with van der Waals surface area (Å²) < 4.78 is 4.99. The maximum absolute atomic E-state index is 12.6. The highest BCUT2D eigenvalue weighted by Gasteiger charge is 2.21. The maximum Gasteiger partial charge on any atom is 0.257 e. The third-order valence-electron chi connectivity index (χ3n) is 4.31. The fourth-order valence-electron chi connectivity index (χ4n) is 2.60. The molecule has 1 heterocycles. The lowest BCUT2D eigenvalue weighted by molar-refractivity contribution is -0.121. The van der Waals surface area contributed by atoms with Crippen LogP contribution in [0.1, 0.15) is 42.6 Å². The van der Waals surface area contributed by atoms with Crippen molar-refractivity contribution in [1.82, 2.24) is 10.2 Å². The van der Waals surface area contributed by atoms with Crippen LogP contribution in [0.15, 0.2) is 53.3 Å². The summed E-state index contributed by atoms with van der Waals surface area (Å²) >= 11 is 0. The van der Waals surface area contributed by atoms with E-state index in [-0.39, 0.29) is 17.9 Å². The van der Waals surface area contributed by atoms with Crippen LogP contribution in [0.4, 0.5) is 0 Å². The molecule has 2 amide bonds. The van der Waals surface area contributed by atoms with Crippen molar-refractivity contribution in [2.75, 3.05) is 13.1 Å². The molecule has 0 bridgehead atoms. The largest absolute Gasteiger partial charge is 0.472 e. The summed E-state index contributed by atoms with van der Waals surface area (Å²) in [5.74, 6) is -0.135. The van der Waals surface area contributed by atoms with Crippen LogP contribution in [0.25, 0.3) is 0 Å². The number of amides is 2. The van der Waals surface area contributed by atoms with Gasteiger partial charge in [-0.2, -0.15) is 0 Å². The highest BCUT2D eigenvalue weighted by atomic mass is 16.3. The van der Waals surface area contributed by atoms with Crippen molar-refractivity contribution in [2.45, 2.75) is 39.2 Å². The van der Waals surface area contributed by atoms with Crippen LogP contribution >= 0.6 is 0 Å². The Labute approximate surface area is 149 Å². The number of hydrogen-bond donors (Lipinski definition) is 1. The first kappa shape index (κ1) is 18.8. The first-order chi connectivity index (χ1) is 12.1. The first-order valence-corrected chi connectivity index (χ1v) is 8.75. The van der Waals surface area contributed by atoms with E-state index in [9.17, 15) is 9.59 Å². The number of carbonyl (C=O) groups excluding carboxylic acids is 2. The van der Waals surface area contributed by atoms with Crippen molar-refractivity contribution in [3.63, 3.8) is 0 Å². The van der Waals surface area contributed by atoms with Gasteiger partial charge in [0, 0.05) is 25.6 Å². The molecule has 0 aliphatic carbocycles. The standard InChI is InChI=1S/C20H26N2O3/c1-3-16(2)22(20(24)18-11-14-25-15-18)13-10-19(23)21-12-9-17-7-5-4-6-8-17/h4-8,11,14-16H,3,9-10,12-13H2,1-2H3,(H,21,23). The fraction of sp³-hybridized carbons (Fsp3) is 0.400. The second-order valence-electron chi connectivity index (χ2n) is 6.10. The highest BCUT2D eigenvalue weighted by molar-refractivity contribution is 5.94. The molecule has 1 aromatic carbocycles. The zero-order valence-electron chi connectivity index (χ0n) is 14.9. The Kier molecular flexibility index (Phi) is 7.26. The van der Waals surface area contributed by atoms with E-state index in [1.54, 1.807) is 11.0 Å². The Hall–Kier alpha value is -2.56. The van der Waals surface area contributed by atoms with Crippen molar-refractivity contribution in [2.24, 2.45) is 0 Å². The molecule has 0 saturated heterocycles. The molecule has 1 N–H and O–H groups in total. The second-order valence-corrected chi connectivity index (χ2v) is 6.10. The molecule has 1 aromatic heterocycles. The van der Waals surface area contributed by atoms with Gasteiger partial charge >= 0.3 is 0 Å². The zero-order valence-corrected chi connectivity index (χ0v) is 14.9. The van der Waals surface area contributed by atoms with Gasteiger partial charge in [0.25, 0.3) is 5.91 Å². The first-order valence-electron chi connectivity index (χ1n) is 8.75. The van der Waals surface area contributed by atoms with Crippen molar-refractivity contribution in [1.29, 1.82) is 0 Å². The Balaban J connectivity index is 1.81. The van der Waals surface area contributed by atoms with Gasteiger partial charge in [-0.05, 0) is 31.4 Å². The highest BCUT2D eigenvalue weighted by Crippen LogP contribution is 2.12. The molecule has 0 fully saturated rings. The lowest BCUT2D eigenvalue weighted by Gasteiger charge is -2.28. The van der Waals surface area contributed by atoms with Crippen molar-refractivity contribution in [3.05, 3.63) is 60.1 Å². The molecule has 0 aliphatic heterocycles. The predicted molar refractivity (Wildman–Crippen MR) is 97.3 cm³/mol.